The SMILES string of the molecule is Cc1ccc(NC(=O)c2ccccc2)c(NC(=O)CC[C@H]2COc3ccccc3O2)c1. The fraction of sp³-hybridized carbons (Fsp3) is 0.200. The summed E-state index contributed by atoms with van der Waals surface area (Å²) in [5.74, 6) is 1.04. The minimum Gasteiger partial charge on any atom is -0.486 e. The Bertz CT molecular complexity index is 1080. The predicted molar refractivity (Wildman–Crippen MR) is 120 cm³/mol. The first-order valence-electron chi connectivity index (χ1n) is 10.2. The molecule has 0 unspecified atom stereocenters. The van der Waals surface area contributed by atoms with E-state index in [9.17, 15) is 9.59 Å². The number of hydrogen-bond acceptors (Lipinski definition) is 4. The van der Waals surface area contributed by atoms with Gasteiger partial charge in [0, 0.05) is 12.0 Å². The molecule has 2 N–H and O–H groups in total. The van der Waals surface area contributed by atoms with Crippen molar-refractivity contribution in [2.24, 2.45) is 0 Å². The summed E-state index contributed by atoms with van der Waals surface area (Å²) in [4.78, 5) is 25.1. The molecule has 2 amide bonds. The first-order valence-corrected chi connectivity index (χ1v) is 10.2. The fourth-order valence-corrected chi connectivity index (χ4v) is 3.36. The van der Waals surface area contributed by atoms with Gasteiger partial charge in [0.05, 0.1) is 11.4 Å². The Morgan fingerprint density at radius 2 is 1.65 bits per heavy atom. The molecule has 0 aromatic heterocycles. The van der Waals surface area contributed by atoms with Crippen LogP contribution in [0.4, 0.5) is 11.4 Å². The molecule has 3 aromatic rings. The van der Waals surface area contributed by atoms with Crippen molar-refractivity contribution in [3.8, 4) is 11.5 Å². The number of aryl methyl sites for hydroxylation is 1. The van der Waals surface area contributed by atoms with E-state index >= 15 is 0 Å². The van der Waals surface area contributed by atoms with Crippen LogP contribution in [0.2, 0.25) is 0 Å². The predicted octanol–water partition coefficient (Wildman–Crippen LogP) is 4.81. The van der Waals surface area contributed by atoms with Gasteiger partial charge in [-0.2, -0.15) is 0 Å². The number of rotatable bonds is 6. The van der Waals surface area contributed by atoms with Crippen LogP contribution in [0.3, 0.4) is 0 Å². The van der Waals surface area contributed by atoms with E-state index in [-0.39, 0.29) is 24.3 Å². The Balaban J connectivity index is 1.37. The third kappa shape index (κ3) is 5.22. The number of hydrogen-bond donors (Lipinski definition) is 2. The Kier molecular flexibility index (Phi) is 6.17. The number of carbonyl (C=O) groups excluding carboxylic acids is 2. The highest BCUT2D eigenvalue weighted by Crippen LogP contribution is 2.32. The van der Waals surface area contributed by atoms with E-state index in [0.717, 1.165) is 11.3 Å². The summed E-state index contributed by atoms with van der Waals surface area (Å²) in [5.41, 5.74) is 2.66. The first kappa shape index (κ1) is 20.5. The lowest BCUT2D eigenvalue weighted by atomic mass is 10.1. The molecule has 3 aromatic carbocycles. The van der Waals surface area contributed by atoms with Gasteiger partial charge >= 0.3 is 0 Å². The van der Waals surface area contributed by atoms with Crippen LogP contribution in [0.25, 0.3) is 0 Å². The van der Waals surface area contributed by atoms with Crippen LogP contribution in [-0.4, -0.2) is 24.5 Å². The van der Waals surface area contributed by atoms with Crippen molar-refractivity contribution in [2.45, 2.75) is 25.9 Å². The molecule has 0 bridgehead atoms. The van der Waals surface area contributed by atoms with Gasteiger partial charge in [0.15, 0.2) is 11.5 Å². The van der Waals surface area contributed by atoms with Crippen molar-refractivity contribution in [2.75, 3.05) is 17.2 Å². The molecule has 0 aliphatic carbocycles. The maximum absolute atomic E-state index is 12.6. The van der Waals surface area contributed by atoms with Crippen molar-refractivity contribution in [3.63, 3.8) is 0 Å². The lowest BCUT2D eigenvalue weighted by Gasteiger charge is -2.26. The second-order valence-electron chi connectivity index (χ2n) is 7.45. The van der Waals surface area contributed by atoms with Crippen LogP contribution in [-0.2, 0) is 4.79 Å². The molecule has 1 aliphatic rings. The highest BCUT2D eigenvalue weighted by molar-refractivity contribution is 6.07. The lowest BCUT2D eigenvalue weighted by Crippen LogP contribution is -2.30. The molecular formula is C25H24N2O4. The molecule has 6 nitrogen and oxygen atoms in total. The van der Waals surface area contributed by atoms with Crippen LogP contribution in [0.1, 0.15) is 28.8 Å². The van der Waals surface area contributed by atoms with Crippen molar-refractivity contribution in [1.29, 1.82) is 0 Å². The number of anilines is 2. The summed E-state index contributed by atoms with van der Waals surface area (Å²) in [6.45, 7) is 2.34. The molecule has 0 fully saturated rings. The van der Waals surface area contributed by atoms with E-state index < -0.39 is 0 Å². The van der Waals surface area contributed by atoms with Gasteiger partial charge in [-0.15, -0.1) is 0 Å². The summed E-state index contributed by atoms with van der Waals surface area (Å²) in [5, 5.41) is 5.79. The van der Waals surface area contributed by atoms with Crippen molar-refractivity contribution >= 4 is 23.2 Å². The average molecular weight is 416 g/mol. The third-order valence-corrected chi connectivity index (χ3v) is 4.99. The zero-order valence-corrected chi connectivity index (χ0v) is 17.3. The third-order valence-electron chi connectivity index (χ3n) is 4.99. The maximum atomic E-state index is 12.6. The largest absolute Gasteiger partial charge is 0.486 e. The number of carbonyl (C=O) groups is 2. The van der Waals surface area contributed by atoms with Gasteiger partial charge in [-0.1, -0.05) is 36.4 Å². The molecule has 1 atom stereocenters. The molecule has 0 saturated carbocycles. The van der Waals surface area contributed by atoms with Gasteiger partial charge in [0.1, 0.15) is 12.7 Å². The van der Waals surface area contributed by atoms with Crippen LogP contribution in [0, 0.1) is 6.92 Å². The van der Waals surface area contributed by atoms with Gasteiger partial charge < -0.3 is 20.1 Å². The summed E-state index contributed by atoms with van der Waals surface area (Å²) < 4.78 is 11.6. The Hall–Kier alpha value is -3.80. The van der Waals surface area contributed by atoms with Gasteiger partial charge in [-0.25, -0.2) is 0 Å². The maximum Gasteiger partial charge on any atom is 0.255 e. The first-order chi connectivity index (χ1) is 15.1. The Morgan fingerprint density at radius 3 is 2.45 bits per heavy atom. The van der Waals surface area contributed by atoms with Gasteiger partial charge in [0.25, 0.3) is 5.91 Å². The summed E-state index contributed by atoms with van der Waals surface area (Å²) in [7, 11) is 0. The summed E-state index contributed by atoms with van der Waals surface area (Å²) in [6.07, 6.45) is 0.615. The van der Waals surface area contributed by atoms with E-state index in [2.05, 4.69) is 10.6 Å². The summed E-state index contributed by atoms with van der Waals surface area (Å²) in [6, 6.07) is 22.0. The standard InChI is InChI=1S/C25H24N2O4/c1-17-11-13-20(27-25(29)18-7-3-2-4-8-18)21(15-17)26-24(28)14-12-19-16-30-22-9-5-6-10-23(22)31-19/h2-11,13,15,19H,12,14,16H2,1H3,(H,26,28)(H,27,29)/t19-/m0/s1. The second-order valence-corrected chi connectivity index (χ2v) is 7.45. The van der Waals surface area contributed by atoms with Crippen LogP contribution in [0.15, 0.2) is 72.8 Å². The molecule has 0 saturated heterocycles. The quantitative estimate of drug-likeness (QED) is 0.605. The summed E-state index contributed by atoms with van der Waals surface area (Å²) >= 11 is 0. The topological polar surface area (TPSA) is 76.7 Å². The average Bonchev–Trinajstić information content (AvgIpc) is 2.80. The van der Waals surface area contributed by atoms with E-state index in [4.69, 9.17) is 9.47 Å². The molecule has 158 valence electrons. The smallest absolute Gasteiger partial charge is 0.255 e. The monoisotopic (exact) mass is 416 g/mol. The Labute approximate surface area is 181 Å². The number of para-hydroxylation sites is 2. The number of amides is 2. The highest BCUT2D eigenvalue weighted by Gasteiger charge is 2.21. The molecule has 0 spiro atoms. The van der Waals surface area contributed by atoms with Gasteiger partial charge in [0.2, 0.25) is 5.91 Å². The number of benzene rings is 3. The van der Waals surface area contributed by atoms with E-state index in [0.29, 0.717) is 35.7 Å². The molecule has 0 radical (unpaired) electrons. The van der Waals surface area contributed by atoms with Gasteiger partial charge in [-0.05, 0) is 55.3 Å². The molecule has 6 heteroatoms. The van der Waals surface area contributed by atoms with Crippen LogP contribution >= 0.6 is 0 Å². The van der Waals surface area contributed by atoms with Crippen LogP contribution < -0.4 is 20.1 Å². The second kappa shape index (κ2) is 9.34. The molecule has 1 aliphatic heterocycles. The number of ether oxygens (including phenoxy) is 2. The Morgan fingerprint density at radius 1 is 0.903 bits per heavy atom. The van der Waals surface area contributed by atoms with Crippen molar-refractivity contribution in [1.82, 2.24) is 0 Å². The molecule has 31 heavy (non-hydrogen) atoms. The molecular weight excluding hydrogens is 392 g/mol. The minimum atomic E-state index is -0.230. The van der Waals surface area contributed by atoms with Gasteiger partial charge in [-0.3, -0.25) is 9.59 Å². The molecule has 1 heterocycles. The molecule has 4 rings (SSSR count). The normalized spacial score (nSPS) is 14.5. The fourth-order valence-electron chi connectivity index (χ4n) is 3.36. The lowest BCUT2D eigenvalue weighted by molar-refractivity contribution is -0.116. The van der Waals surface area contributed by atoms with E-state index in [1.807, 2.05) is 61.5 Å². The van der Waals surface area contributed by atoms with E-state index in [1.165, 1.54) is 0 Å². The van der Waals surface area contributed by atoms with E-state index in [1.54, 1.807) is 18.2 Å². The zero-order chi connectivity index (χ0) is 21.6. The number of nitrogens with one attached hydrogen (secondary N) is 2. The number of fused-ring (bicyclic) bond motifs is 1. The van der Waals surface area contributed by atoms with Crippen molar-refractivity contribution in [3.05, 3.63) is 83.9 Å². The minimum absolute atomic E-state index is 0.150. The highest BCUT2D eigenvalue weighted by atomic mass is 16.6. The zero-order valence-electron chi connectivity index (χ0n) is 17.3. The van der Waals surface area contributed by atoms with Crippen molar-refractivity contribution < 1.29 is 19.1 Å². The van der Waals surface area contributed by atoms with Crippen LogP contribution in [0.5, 0.6) is 11.5 Å².